The van der Waals surface area contributed by atoms with E-state index < -0.39 is 0 Å². The van der Waals surface area contributed by atoms with E-state index in [0.717, 1.165) is 0 Å². The van der Waals surface area contributed by atoms with Crippen molar-refractivity contribution < 1.29 is 19.0 Å². The van der Waals surface area contributed by atoms with Crippen LogP contribution in [0.2, 0.25) is 5.02 Å². The molecule has 0 radical (unpaired) electrons. The Morgan fingerprint density at radius 3 is 2.39 bits per heavy atom. The van der Waals surface area contributed by atoms with Gasteiger partial charge in [-0.15, -0.1) is 0 Å². The second kappa shape index (κ2) is 8.29. The van der Waals surface area contributed by atoms with Crippen molar-refractivity contribution in [2.75, 3.05) is 27.4 Å². The Balaban J connectivity index is 1.81. The van der Waals surface area contributed by atoms with Crippen molar-refractivity contribution in [1.82, 2.24) is 5.32 Å². The molecule has 0 saturated carbocycles. The Morgan fingerprint density at radius 2 is 1.74 bits per heavy atom. The van der Waals surface area contributed by atoms with Crippen molar-refractivity contribution in [3.05, 3.63) is 53.1 Å². The van der Waals surface area contributed by atoms with E-state index in [-0.39, 0.29) is 5.91 Å². The third-order valence-electron chi connectivity index (χ3n) is 3.12. The summed E-state index contributed by atoms with van der Waals surface area (Å²) in [5, 5.41) is 3.37. The fourth-order valence-corrected chi connectivity index (χ4v) is 2.07. The van der Waals surface area contributed by atoms with Crippen LogP contribution in [0.4, 0.5) is 0 Å². The molecule has 122 valence electrons. The van der Waals surface area contributed by atoms with E-state index >= 15 is 0 Å². The molecule has 0 aliphatic heterocycles. The Bertz CT molecular complexity index is 658. The second-order valence-corrected chi connectivity index (χ2v) is 5.06. The number of amides is 1. The summed E-state index contributed by atoms with van der Waals surface area (Å²) in [6.07, 6.45) is 0. The third kappa shape index (κ3) is 4.79. The highest BCUT2D eigenvalue weighted by molar-refractivity contribution is 6.30. The number of benzene rings is 2. The van der Waals surface area contributed by atoms with Gasteiger partial charge in [0.1, 0.15) is 12.4 Å². The molecular formula is C17H18ClNO4. The maximum atomic E-state index is 11.9. The first kappa shape index (κ1) is 17.0. The second-order valence-electron chi connectivity index (χ2n) is 4.63. The number of carbonyl (C=O) groups is 1. The van der Waals surface area contributed by atoms with Crippen molar-refractivity contribution in [1.29, 1.82) is 0 Å². The monoisotopic (exact) mass is 335 g/mol. The number of nitrogens with one attached hydrogen (secondary N) is 1. The molecule has 5 nitrogen and oxygen atoms in total. The zero-order valence-corrected chi connectivity index (χ0v) is 13.7. The summed E-state index contributed by atoms with van der Waals surface area (Å²) in [5.41, 5.74) is 0.556. The molecular weight excluding hydrogens is 318 g/mol. The van der Waals surface area contributed by atoms with Crippen molar-refractivity contribution >= 4 is 17.5 Å². The molecule has 23 heavy (non-hydrogen) atoms. The molecule has 1 amide bonds. The Labute approximate surface area is 140 Å². The fourth-order valence-electron chi connectivity index (χ4n) is 1.94. The van der Waals surface area contributed by atoms with Gasteiger partial charge in [0, 0.05) is 16.7 Å². The number of carbonyl (C=O) groups excluding carboxylic acids is 1. The molecule has 0 aliphatic rings. The van der Waals surface area contributed by atoms with Crippen LogP contribution in [0.3, 0.4) is 0 Å². The van der Waals surface area contributed by atoms with Gasteiger partial charge in [0.15, 0.2) is 11.5 Å². The Kier molecular flexibility index (Phi) is 6.11. The summed E-state index contributed by atoms with van der Waals surface area (Å²) >= 11 is 5.79. The summed E-state index contributed by atoms with van der Waals surface area (Å²) in [4.78, 5) is 11.9. The number of hydrogen-bond donors (Lipinski definition) is 1. The van der Waals surface area contributed by atoms with Crippen LogP contribution in [0.25, 0.3) is 0 Å². The van der Waals surface area contributed by atoms with Gasteiger partial charge in [-0.3, -0.25) is 4.79 Å². The van der Waals surface area contributed by atoms with E-state index in [1.54, 1.807) is 56.7 Å². The molecule has 2 rings (SSSR count). The summed E-state index contributed by atoms with van der Waals surface area (Å²) in [6.45, 7) is 0.727. The molecule has 0 aliphatic carbocycles. The van der Waals surface area contributed by atoms with Crippen LogP contribution >= 0.6 is 11.6 Å². The molecule has 2 aromatic rings. The molecule has 0 aromatic heterocycles. The van der Waals surface area contributed by atoms with Crippen LogP contribution < -0.4 is 19.5 Å². The minimum absolute atomic E-state index is 0.169. The number of hydrogen-bond acceptors (Lipinski definition) is 4. The van der Waals surface area contributed by atoms with Crippen LogP contribution in [0.1, 0.15) is 10.4 Å². The first-order chi connectivity index (χ1) is 11.1. The average molecular weight is 336 g/mol. The van der Waals surface area contributed by atoms with Crippen molar-refractivity contribution in [2.24, 2.45) is 0 Å². The topological polar surface area (TPSA) is 56.8 Å². The lowest BCUT2D eigenvalue weighted by atomic mass is 10.2. The molecule has 2 aromatic carbocycles. The summed E-state index contributed by atoms with van der Waals surface area (Å²) in [5.74, 6) is 1.70. The van der Waals surface area contributed by atoms with Crippen LogP contribution in [0, 0.1) is 0 Å². The minimum Gasteiger partial charge on any atom is -0.493 e. The SMILES string of the molecule is COc1ccc(OCCNC(=O)c2ccc(Cl)cc2)cc1OC. The van der Waals surface area contributed by atoms with Crippen molar-refractivity contribution in [3.63, 3.8) is 0 Å². The molecule has 0 heterocycles. The summed E-state index contributed by atoms with van der Waals surface area (Å²) < 4.78 is 15.9. The number of methoxy groups -OCH3 is 2. The first-order valence-corrected chi connectivity index (χ1v) is 7.40. The predicted octanol–water partition coefficient (Wildman–Crippen LogP) is 3.17. The predicted molar refractivity (Wildman–Crippen MR) is 88.8 cm³/mol. The normalized spacial score (nSPS) is 10.0. The van der Waals surface area contributed by atoms with Gasteiger partial charge in [-0.1, -0.05) is 11.6 Å². The lowest BCUT2D eigenvalue weighted by Crippen LogP contribution is -2.28. The first-order valence-electron chi connectivity index (χ1n) is 7.02. The largest absolute Gasteiger partial charge is 0.493 e. The Hall–Kier alpha value is -2.40. The average Bonchev–Trinajstić information content (AvgIpc) is 2.58. The summed E-state index contributed by atoms with van der Waals surface area (Å²) in [6, 6.07) is 12.0. The van der Waals surface area contributed by atoms with E-state index in [1.165, 1.54) is 0 Å². The van der Waals surface area contributed by atoms with Gasteiger partial charge in [-0.2, -0.15) is 0 Å². The molecule has 0 saturated heterocycles. The lowest BCUT2D eigenvalue weighted by Gasteiger charge is -2.11. The zero-order valence-electron chi connectivity index (χ0n) is 13.0. The van der Waals surface area contributed by atoms with E-state index in [4.69, 9.17) is 25.8 Å². The quantitative estimate of drug-likeness (QED) is 0.790. The van der Waals surface area contributed by atoms with Gasteiger partial charge in [0.2, 0.25) is 0 Å². The van der Waals surface area contributed by atoms with Gasteiger partial charge in [0.05, 0.1) is 20.8 Å². The van der Waals surface area contributed by atoms with Gasteiger partial charge in [-0.25, -0.2) is 0 Å². The van der Waals surface area contributed by atoms with E-state index in [0.29, 0.717) is 41.0 Å². The van der Waals surface area contributed by atoms with Gasteiger partial charge < -0.3 is 19.5 Å². The Morgan fingerprint density at radius 1 is 1.04 bits per heavy atom. The van der Waals surface area contributed by atoms with E-state index in [1.807, 2.05) is 0 Å². The number of halogens is 1. The highest BCUT2D eigenvalue weighted by atomic mass is 35.5. The molecule has 0 bridgehead atoms. The molecule has 0 unspecified atom stereocenters. The number of ether oxygens (including phenoxy) is 3. The highest BCUT2D eigenvalue weighted by Crippen LogP contribution is 2.30. The van der Waals surface area contributed by atoms with Crippen LogP contribution in [0.5, 0.6) is 17.2 Å². The maximum Gasteiger partial charge on any atom is 0.251 e. The molecule has 6 heteroatoms. The van der Waals surface area contributed by atoms with Gasteiger partial charge >= 0.3 is 0 Å². The number of rotatable bonds is 7. The molecule has 0 spiro atoms. The van der Waals surface area contributed by atoms with E-state index in [9.17, 15) is 4.79 Å². The maximum absolute atomic E-state index is 11.9. The van der Waals surface area contributed by atoms with Gasteiger partial charge in [0.25, 0.3) is 5.91 Å². The molecule has 1 N–H and O–H groups in total. The smallest absolute Gasteiger partial charge is 0.251 e. The molecule has 0 atom stereocenters. The fraction of sp³-hybridized carbons (Fsp3) is 0.235. The van der Waals surface area contributed by atoms with Crippen LogP contribution in [-0.4, -0.2) is 33.3 Å². The zero-order chi connectivity index (χ0) is 16.7. The third-order valence-corrected chi connectivity index (χ3v) is 3.37. The standard InChI is InChI=1S/C17H18ClNO4/c1-21-15-8-7-14(11-16(15)22-2)23-10-9-19-17(20)12-3-5-13(18)6-4-12/h3-8,11H,9-10H2,1-2H3,(H,19,20). The lowest BCUT2D eigenvalue weighted by molar-refractivity contribution is 0.0947. The highest BCUT2D eigenvalue weighted by Gasteiger charge is 2.06. The van der Waals surface area contributed by atoms with Crippen molar-refractivity contribution in [2.45, 2.75) is 0 Å². The summed E-state index contributed by atoms with van der Waals surface area (Å²) in [7, 11) is 3.14. The van der Waals surface area contributed by atoms with Gasteiger partial charge in [-0.05, 0) is 36.4 Å². The van der Waals surface area contributed by atoms with Crippen LogP contribution in [-0.2, 0) is 0 Å². The van der Waals surface area contributed by atoms with Crippen LogP contribution in [0.15, 0.2) is 42.5 Å². The van der Waals surface area contributed by atoms with Crippen molar-refractivity contribution in [3.8, 4) is 17.2 Å². The molecule has 0 fully saturated rings. The minimum atomic E-state index is -0.169. The van der Waals surface area contributed by atoms with E-state index in [2.05, 4.69) is 5.32 Å².